The highest BCUT2D eigenvalue weighted by Gasteiger charge is 2.02. The molecule has 1 aromatic heterocycles. The van der Waals surface area contributed by atoms with E-state index >= 15 is 0 Å². The molecule has 0 saturated heterocycles. The van der Waals surface area contributed by atoms with E-state index in [1.807, 2.05) is 19.1 Å². The second kappa shape index (κ2) is 10.2. The maximum absolute atomic E-state index is 11.5. The van der Waals surface area contributed by atoms with Crippen LogP contribution in [0.2, 0.25) is 0 Å². The van der Waals surface area contributed by atoms with Gasteiger partial charge in [0.2, 0.25) is 0 Å². The molecule has 0 unspecified atom stereocenters. The van der Waals surface area contributed by atoms with E-state index in [0.29, 0.717) is 18.9 Å². The van der Waals surface area contributed by atoms with E-state index in [4.69, 9.17) is 9.47 Å². The minimum absolute atomic E-state index is 0.00121. The van der Waals surface area contributed by atoms with E-state index in [9.17, 15) is 4.79 Å². The number of methoxy groups -OCH3 is 1. The molecule has 0 atom stereocenters. The first-order chi connectivity index (χ1) is 9.76. The molecule has 20 heavy (non-hydrogen) atoms. The average molecular weight is 281 g/mol. The second-order valence-electron chi connectivity index (χ2n) is 4.25. The van der Waals surface area contributed by atoms with Gasteiger partial charge in [-0.3, -0.25) is 9.78 Å². The number of pyridine rings is 1. The third-order valence-corrected chi connectivity index (χ3v) is 2.57. The zero-order valence-electron chi connectivity index (χ0n) is 12.1. The van der Waals surface area contributed by atoms with Crippen LogP contribution in [0, 0.1) is 0 Å². The van der Waals surface area contributed by atoms with Crippen LogP contribution in [0.3, 0.4) is 0 Å². The number of carbonyl (C=O) groups excluding carboxylic acids is 1. The zero-order chi connectivity index (χ0) is 14.6. The summed E-state index contributed by atoms with van der Waals surface area (Å²) < 4.78 is 10.3. The van der Waals surface area contributed by atoms with Crippen molar-refractivity contribution in [2.75, 3.05) is 33.4 Å². The fourth-order valence-electron chi connectivity index (χ4n) is 1.50. The monoisotopic (exact) mass is 281 g/mol. The minimum atomic E-state index is -0.141. The summed E-state index contributed by atoms with van der Waals surface area (Å²) in [6, 6.07) is 3.70. The molecule has 1 amide bonds. The Kier molecular flexibility index (Phi) is 8.33. The Balaban J connectivity index is 2.22. The molecule has 0 aliphatic rings. The molecule has 0 radical (unpaired) electrons. The molecule has 2 N–H and O–H groups in total. The van der Waals surface area contributed by atoms with Gasteiger partial charge in [0.25, 0.3) is 5.91 Å². The number of ether oxygens (including phenoxy) is 2. The molecule has 0 aliphatic carbocycles. The lowest BCUT2D eigenvalue weighted by atomic mass is 10.3. The first kappa shape index (κ1) is 16.4. The molecule has 0 bridgehead atoms. The van der Waals surface area contributed by atoms with Gasteiger partial charge in [-0.15, -0.1) is 0 Å². The van der Waals surface area contributed by atoms with Gasteiger partial charge >= 0.3 is 0 Å². The van der Waals surface area contributed by atoms with Crippen molar-refractivity contribution in [3.05, 3.63) is 24.0 Å². The predicted molar refractivity (Wildman–Crippen MR) is 76.6 cm³/mol. The molecule has 6 nitrogen and oxygen atoms in total. The molecule has 0 aromatic carbocycles. The summed E-state index contributed by atoms with van der Waals surface area (Å²) >= 11 is 0. The summed E-state index contributed by atoms with van der Waals surface area (Å²) in [6.07, 6.45) is 2.42. The third-order valence-electron chi connectivity index (χ3n) is 2.57. The Bertz CT molecular complexity index is 382. The van der Waals surface area contributed by atoms with Crippen LogP contribution in [0.4, 0.5) is 0 Å². The van der Waals surface area contributed by atoms with Crippen LogP contribution in [0.15, 0.2) is 18.3 Å². The van der Waals surface area contributed by atoms with Crippen molar-refractivity contribution >= 4 is 5.91 Å². The minimum Gasteiger partial charge on any atom is -0.482 e. The quantitative estimate of drug-likeness (QED) is 0.618. The molecule has 1 heterocycles. The van der Waals surface area contributed by atoms with Crippen molar-refractivity contribution in [3.8, 4) is 5.75 Å². The summed E-state index contributed by atoms with van der Waals surface area (Å²) in [5.74, 6) is 0.454. The van der Waals surface area contributed by atoms with Crippen LogP contribution in [-0.2, 0) is 16.1 Å². The molecule has 0 fully saturated rings. The largest absolute Gasteiger partial charge is 0.482 e. The van der Waals surface area contributed by atoms with E-state index in [1.165, 1.54) is 0 Å². The fourth-order valence-corrected chi connectivity index (χ4v) is 1.50. The Morgan fingerprint density at radius 2 is 2.25 bits per heavy atom. The Hall–Kier alpha value is -1.66. The maximum atomic E-state index is 11.5. The Labute approximate surface area is 119 Å². The number of rotatable bonds is 10. The summed E-state index contributed by atoms with van der Waals surface area (Å²) in [7, 11) is 1.64. The van der Waals surface area contributed by atoms with Gasteiger partial charge in [0, 0.05) is 26.8 Å². The van der Waals surface area contributed by atoms with Crippen molar-refractivity contribution < 1.29 is 14.3 Å². The van der Waals surface area contributed by atoms with Crippen molar-refractivity contribution in [1.29, 1.82) is 0 Å². The first-order valence-electron chi connectivity index (χ1n) is 6.80. The topological polar surface area (TPSA) is 72.5 Å². The second-order valence-corrected chi connectivity index (χ2v) is 4.25. The van der Waals surface area contributed by atoms with Gasteiger partial charge < -0.3 is 20.1 Å². The predicted octanol–water partition coefficient (Wildman–Crippen LogP) is 0.723. The lowest BCUT2D eigenvalue weighted by Gasteiger charge is -2.08. The number of hydrogen-bond acceptors (Lipinski definition) is 5. The van der Waals surface area contributed by atoms with Crippen molar-refractivity contribution in [2.24, 2.45) is 0 Å². The molecule has 0 saturated carbocycles. The summed E-state index contributed by atoms with van der Waals surface area (Å²) in [5, 5.41) is 5.94. The highest BCUT2D eigenvalue weighted by Crippen LogP contribution is 2.08. The number of carbonyl (C=O) groups is 1. The highest BCUT2D eigenvalue weighted by molar-refractivity contribution is 5.77. The van der Waals surface area contributed by atoms with Crippen LogP contribution < -0.4 is 15.4 Å². The molecule has 6 heteroatoms. The standard InChI is InChI=1S/C14H23N3O3/c1-3-15-9-12-5-6-13(10-17-12)20-11-14(18)16-7-4-8-19-2/h5-6,10,15H,3-4,7-9,11H2,1-2H3,(H,16,18). The average Bonchev–Trinajstić information content (AvgIpc) is 2.48. The zero-order valence-corrected chi connectivity index (χ0v) is 12.1. The summed E-state index contributed by atoms with van der Waals surface area (Å²) in [6.45, 7) is 4.91. The lowest BCUT2D eigenvalue weighted by molar-refractivity contribution is -0.123. The van der Waals surface area contributed by atoms with Gasteiger partial charge in [-0.1, -0.05) is 6.92 Å². The molecule has 0 aliphatic heterocycles. The summed E-state index contributed by atoms with van der Waals surface area (Å²) in [4.78, 5) is 15.7. The first-order valence-corrected chi connectivity index (χ1v) is 6.80. The SMILES string of the molecule is CCNCc1ccc(OCC(=O)NCCCOC)cn1. The van der Waals surface area contributed by atoms with Gasteiger partial charge in [0.05, 0.1) is 11.9 Å². The van der Waals surface area contributed by atoms with E-state index in [0.717, 1.165) is 25.2 Å². The lowest BCUT2D eigenvalue weighted by Crippen LogP contribution is -2.30. The van der Waals surface area contributed by atoms with E-state index in [-0.39, 0.29) is 12.5 Å². The normalized spacial score (nSPS) is 10.3. The van der Waals surface area contributed by atoms with Crippen LogP contribution in [-0.4, -0.2) is 44.3 Å². The Morgan fingerprint density at radius 1 is 1.40 bits per heavy atom. The third kappa shape index (κ3) is 7.06. The highest BCUT2D eigenvalue weighted by atomic mass is 16.5. The van der Waals surface area contributed by atoms with E-state index < -0.39 is 0 Å². The molecule has 0 spiro atoms. The smallest absolute Gasteiger partial charge is 0.257 e. The van der Waals surface area contributed by atoms with Crippen LogP contribution in [0.5, 0.6) is 5.75 Å². The van der Waals surface area contributed by atoms with E-state index in [2.05, 4.69) is 15.6 Å². The van der Waals surface area contributed by atoms with Gasteiger partial charge in [-0.05, 0) is 25.1 Å². The number of amides is 1. The van der Waals surface area contributed by atoms with Crippen molar-refractivity contribution in [3.63, 3.8) is 0 Å². The number of nitrogens with zero attached hydrogens (tertiary/aromatic N) is 1. The van der Waals surface area contributed by atoms with Crippen LogP contribution in [0.1, 0.15) is 19.0 Å². The molecule has 112 valence electrons. The van der Waals surface area contributed by atoms with Gasteiger partial charge in [0.1, 0.15) is 5.75 Å². The molecule has 1 aromatic rings. The number of nitrogens with one attached hydrogen (secondary N) is 2. The summed E-state index contributed by atoms with van der Waals surface area (Å²) in [5.41, 5.74) is 0.947. The van der Waals surface area contributed by atoms with Gasteiger partial charge in [-0.25, -0.2) is 0 Å². The number of aromatic nitrogens is 1. The van der Waals surface area contributed by atoms with Crippen molar-refractivity contribution in [2.45, 2.75) is 19.9 Å². The Morgan fingerprint density at radius 3 is 2.90 bits per heavy atom. The molecular weight excluding hydrogens is 258 g/mol. The maximum Gasteiger partial charge on any atom is 0.257 e. The van der Waals surface area contributed by atoms with Crippen LogP contribution >= 0.6 is 0 Å². The van der Waals surface area contributed by atoms with E-state index in [1.54, 1.807) is 13.3 Å². The molecular formula is C14H23N3O3. The van der Waals surface area contributed by atoms with Gasteiger partial charge in [-0.2, -0.15) is 0 Å². The van der Waals surface area contributed by atoms with Crippen LogP contribution in [0.25, 0.3) is 0 Å². The van der Waals surface area contributed by atoms with Crippen molar-refractivity contribution in [1.82, 2.24) is 15.6 Å². The molecule has 1 rings (SSSR count). The fraction of sp³-hybridized carbons (Fsp3) is 0.571. The van der Waals surface area contributed by atoms with Gasteiger partial charge in [0.15, 0.2) is 6.61 Å². The number of hydrogen-bond donors (Lipinski definition) is 2.